The number of H-pyrrole nitrogens is 1. The number of nitrogens with zero attached hydrogens (tertiary/aromatic N) is 1. The van der Waals surface area contributed by atoms with Crippen LogP contribution in [0.3, 0.4) is 0 Å². The Labute approximate surface area is 119 Å². The number of halogens is 4. The van der Waals surface area contributed by atoms with E-state index in [1.54, 1.807) is 4.98 Å². The predicted molar refractivity (Wildman–Crippen MR) is 69.3 cm³/mol. The molecule has 1 heterocycles. The van der Waals surface area contributed by atoms with Crippen molar-refractivity contribution >= 4 is 34.8 Å². The molecule has 0 aliphatic carbocycles. The van der Waals surface area contributed by atoms with E-state index < -0.39 is 22.9 Å². The number of rotatable bonds is 1. The van der Waals surface area contributed by atoms with Crippen molar-refractivity contribution in [1.82, 2.24) is 9.55 Å². The van der Waals surface area contributed by atoms with Gasteiger partial charge in [-0.25, -0.2) is 9.36 Å². The maximum absolute atomic E-state index is 13.3. The van der Waals surface area contributed by atoms with Crippen molar-refractivity contribution in [2.75, 3.05) is 0 Å². The summed E-state index contributed by atoms with van der Waals surface area (Å²) in [6, 6.07) is 2.50. The molecule has 2 N–H and O–H groups in total. The molecule has 0 radical (unpaired) electrons. The molecule has 5 nitrogen and oxygen atoms in total. The normalized spacial score (nSPS) is 10.7. The molecule has 0 aliphatic heterocycles. The molecule has 0 spiro atoms. The second kappa shape index (κ2) is 4.88. The van der Waals surface area contributed by atoms with Gasteiger partial charge >= 0.3 is 5.69 Å². The van der Waals surface area contributed by atoms with Crippen LogP contribution in [0.1, 0.15) is 0 Å². The van der Waals surface area contributed by atoms with Gasteiger partial charge in [-0.05, 0) is 12.1 Å². The fourth-order valence-electron chi connectivity index (χ4n) is 1.46. The van der Waals surface area contributed by atoms with E-state index in [-0.39, 0.29) is 20.8 Å². The predicted octanol–water partition coefficient (Wildman–Crippen LogP) is 2.33. The minimum absolute atomic E-state index is 0.0960. The van der Waals surface area contributed by atoms with Crippen molar-refractivity contribution in [1.29, 1.82) is 0 Å². The molecule has 2 aromatic rings. The van der Waals surface area contributed by atoms with Crippen LogP contribution < -0.4 is 11.2 Å². The van der Waals surface area contributed by atoms with Gasteiger partial charge in [0.05, 0.1) is 15.7 Å². The highest BCUT2D eigenvalue weighted by atomic mass is 35.5. The Balaban J connectivity index is 2.92. The Morgan fingerprint density at radius 2 is 1.68 bits per heavy atom. The van der Waals surface area contributed by atoms with Gasteiger partial charge in [-0.1, -0.05) is 34.8 Å². The van der Waals surface area contributed by atoms with Gasteiger partial charge in [-0.2, -0.15) is 4.39 Å². The Bertz CT molecular complexity index is 762. The van der Waals surface area contributed by atoms with E-state index in [9.17, 15) is 19.1 Å². The third-order valence-electron chi connectivity index (χ3n) is 2.24. The summed E-state index contributed by atoms with van der Waals surface area (Å²) in [4.78, 5) is 24.3. The lowest BCUT2D eigenvalue weighted by Crippen LogP contribution is -2.31. The zero-order valence-corrected chi connectivity index (χ0v) is 11.1. The fraction of sp³-hybridized carbons (Fsp3) is 0. The second-order valence-electron chi connectivity index (χ2n) is 3.45. The van der Waals surface area contributed by atoms with Crippen molar-refractivity contribution in [3.8, 4) is 11.6 Å². The molecule has 0 saturated carbocycles. The minimum atomic E-state index is -1.53. The zero-order chi connectivity index (χ0) is 14.3. The first-order valence-electron chi connectivity index (χ1n) is 4.71. The number of nitrogens with one attached hydrogen (secondary N) is 1. The Morgan fingerprint density at radius 3 is 2.21 bits per heavy atom. The maximum atomic E-state index is 13.3. The van der Waals surface area contributed by atoms with Crippen LogP contribution in [0.5, 0.6) is 5.88 Å². The Hall–Kier alpha value is -1.50. The Kier molecular flexibility index (Phi) is 3.58. The first-order chi connectivity index (χ1) is 8.82. The van der Waals surface area contributed by atoms with Crippen molar-refractivity contribution < 1.29 is 9.50 Å². The summed E-state index contributed by atoms with van der Waals surface area (Å²) < 4.78 is 13.8. The molecule has 2 rings (SSSR count). The highest BCUT2D eigenvalue weighted by Gasteiger charge is 2.19. The summed E-state index contributed by atoms with van der Waals surface area (Å²) in [6.45, 7) is 0. The van der Waals surface area contributed by atoms with E-state index in [0.29, 0.717) is 4.57 Å². The lowest BCUT2D eigenvalue weighted by Gasteiger charge is -2.12. The fourth-order valence-corrected chi connectivity index (χ4v) is 2.45. The summed E-state index contributed by atoms with van der Waals surface area (Å²) in [5, 5.41) is 9.55. The average molecular weight is 326 g/mol. The molecule has 9 heteroatoms. The number of hydrogen-bond donors (Lipinski definition) is 2. The molecule has 0 amide bonds. The number of aromatic amines is 1. The summed E-state index contributed by atoms with van der Waals surface area (Å²) in [7, 11) is 0. The molecule has 0 atom stereocenters. The van der Waals surface area contributed by atoms with Crippen molar-refractivity contribution in [3.05, 3.63) is 53.9 Å². The van der Waals surface area contributed by atoms with Crippen LogP contribution in [-0.4, -0.2) is 14.7 Å². The summed E-state index contributed by atoms with van der Waals surface area (Å²) in [6.07, 6.45) is 0. The number of aromatic nitrogens is 2. The zero-order valence-electron chi connectivity index (χ0n) is 8.88. The van der Waals surface area contributed by atoms with Gasteiger partial charge in [0.1, 0.15) is 0 Å². The molecule has 100 valence electrons. The second-order valence-corrected chi connectivity index (χ2v) is 4.70. The lowest BCUT2D eigenvalue weighted by molar-refractivity contribution is 0.386. The first kappa shape index (κ1) is 13.9. The maximum Gasteiger partial charge on any atom is 0.336 e. The van der Waals surface area contributed by atoms with E-state index in [1.807, 2.05) is 0 Å². The van der Waals surface area contributed by atoms with Crippen LogP contribution in [0.2, 0.25) is 15.1 Å². The van der Waals surface area contributed by atoms with Crippen LogP contribution in [-0.2, 0) is 0 Å². The smallest absolute Gasteiger partial charge is 0.336 e. The first-order valence-corrected chi connectivity index (χ1v) is 5.85. The van der Waals surface area contributed by atoms with Gasteiger partial charge in [0.15, 0.2) is 0 Å². The summed E-state index contributed by atoms with van der Waals surface area (Å²) in [5.74, 6) is -2.72. The van der Waals surface area contributed by atoms with Gasteiger partial charge in [-0.3, -0.25) is 9.78 Å². The van der Waals surface area contributed by atoms with E-state index >= 15 is 0 Å². The van der Waals surface area contributed by atoms with Gasteiger partial charge in [0.25, 0.3) is 5.56 Å². The van der Waals surface area contributed by atoms with Gasteiger partial charge < -0.3 is 5.11 Å². The molecule has 0 fully saturated rings. The molecule has 0 aliphatic rings. The average Bonchev–Trinajstić information content (AvgIpc) is 2.29. The highest BCUT2D eigenvalue weighted by molar-refractivity contribution is 6.40. The summed E-state index contributed by atoms with van der Waals surface area (Å²) in [5.41, 5.74) is -2.62. The SMILES string of the molecule is O=c1[nH]c(=O)n(-c2c(Cl)cc(Cl)cc2Cl)c(O)c1F. The topological polar surface area (TPSA) is 75.1 Å². The molecule has 1 aromatic heterocycles. The van der Waals surface area contributed by atoms with Crippen LogP contribution in [0.4, 0.5) is 4.39 Å². The van der Waals surface area contributed by atoms with Gasteiger partial charge in [0.2, 0.25) is 11.7 Å². The number of hydrogen-bond acceptors (Lipinski definition) is 3. The van der Waals surface area contributed by atoms with Crippen molar-refractivity contribution in [3.63, 3.8) is 0 Å². The summed E-state index contributed by atoms with van der Waals surface area (Å²) >= 11 is 17.4. The third-order valence-corrected chi connectivity index (χ3v) is 3.03. The van der Waals surface area contributed by atoms with Crippen molar-refractivity contribution in [2.45, 2.75) is 0 Å². The number of aromatic hydroxyl groups is 1. The monoisotopic (exact) mass is 324 g/mol. The van der Waals surface area contributed by atoms with E-state index in [4.69, 9.17) is 34.8 Å². The molecule has 0 saturated heterocycles. The Morgan fingerprint density at radius 1 is 1.16 bits per heavy atom. The molecular formula is C10H4Cl3FN2O3. The third kappa shape index (κ3) is 2.34. The van der Waals surface area contributed by atoms with E-state index in [0.717, 1.165) is 0 Å². The lowest BCUT2D eigenvalue weighted by atomic mass is 10.3. The quantitative estimate of drug-likeness (QED) is 0.845. The molecule has 0 bridgehead atoms. The van der Waals surface area contributed by atoms with Crippen LogP contribution in [0, 0.1) is 5.82 Å². The number of benzene rings is 1. The van der Waals surface area contributed by atoms with Crippen LogP contribution >= 0.6 is 34.8 Å². The van der Waals surface area contributed by atoms with Gasteiger partial charge in [-0.15, -0.1) is 0 Å². The van der Waals surface area contributed by atoms with Crippen LogP contribution in [0.15, 0.2) is 21.7 Å². The molecule has 0 unspecified atom stereocenters. The van der Waals surface area contributed by atoms with E-state index in [2.05, 4.69) is 0 Å². The van der Waals surface area contributed by atoms with Gasteiger partial charge in [0, 0.05) is 5.02 Å². The van der Waals surface area contributed by atoms with E-state index in [1.165, 1.54) is 12.1 Å². The standard InChI is InChI=1S/C10H4Cl3FN2O3/c11-3-1-4(12)7(5(13)2-3)16-9(18)6(14)8(17)15-10(16)19/h1-2,18H,(H,15,17,19). The minimum Gasteiger partial charge on any atom is -0.492 e. The highest BCUT2D eigenvalue weighted by Crippen LogP contribution is 2.33. The van der Waals surface area contributed by atoms with Crippen LogP contribution in [0.25, 0.3) is 5.69 Å². The molecular weight excluding hydrogens is 321 g/mol. The molecule has 1 aromatic carbocycles. The molecule has 19 heavy (non-hydrogen) atoms. The van der Waals surface area contributed by atoms with Crippen molar-refractivity contribution in [2.24, 2.45) is 0 Å². The largest absolute Gasteiger partial charge is 0.492 e.